The Labute approximate surface area is 238 Å². The number of phenolic OH excluding ortho intramolecular Hbond substituents is 1. The molecular weight excluding hydrogens is 560 g/mol. The molecule has 11 atom stereocenters. The van der Waals surface area contributed by atoms with Gasteiger partial charge in [0, 0.05) is 11.6 Å². The van der Waals surface area contributed by atoms with Crippen molar-refractivity contribution in [2.75, 3.05) is 7.11 Å². The Morgan fingerprint density at radius 3 is 2.02 bits per heavy atom. The molecule has 14 heteroatoms. The molecule has 0 radical (unpaired) electrons. The van der Waals surface area contributed by atoms with E-state index in [9.17, 15) is 45.6 Å². The second-order valence-corrected chi connectivity index (χ2v) is 10.4. The second kappa shape index (κ2) is 12.2. The van der Waals surface area contributed by atoms with Gasteiger partial charge in [-0.25, -0.2) is 0 Å². The summed E-state index contributed by atoms with van der Waals surface area (Å²) in [7, 11) is 1.51. The molecule has 42 heavy (non-hydrogen) atoms. The van der Waals surface area contributed by atoms with E-state index in [-0.39, 0.29) is 27.8 Å². The summed E-state index contributed by atoms with van der Waals surface area (Å²) in [6.07, 6.45) is -17.9. The van der Waals surface area contributed by atoms with E-state index in [4.69, 9.17) is 18.6 Å². The minimum atomic E-state index is -1.86. The number of hydrogen-bond acceptors (Lipinski definition) is 13. The van der Waals surface area contributed by atoms with E-state index in [0.29, 0.717) is 11.3 Å². The lowest BCUT2D eigenvalue weighted by molar-refractivity contribution is -0.287. The van der Waals surface area contributed by atoms with Gasteiger partial charge >= 0.3 is 0 Å². The molecule has 230 valence electrons. The van der Waals surface area contributed by atoms with Crippen LogP contribution < -0.4 is 10.2 Å². The summed E-state index contributed by atoms with van der Waals surface area (Å²) in [4.78, 5) is 12.9. The summed E-state index contributed by atoms with van der Waals surface area (Å²) in [6.45, 7) is 1.41. The zero-order valence-electron chi connectivity index (χ0n) is 22.5. The van der Waals surface area contributed by atoms with Gasteiger partial charge in [0.25, 0.3) is 0 Å². The Morgan fingerprint density at radius 1 is 0.810 bits per heavy atom. The van der Waals surface area contributed by atoms with Crippen molar-refractivity contribution in [1.82, 2.24) is 0 Å². The predicted molar refractivity (Wildman–Crippen MR) is 144 cm³/mol. The molecule has 2 saturated heterocycles. The first-order chi connectivity index (χ1) is 19.4. The Hall–Kier alpha value is -3.15. The molecule has 1 aromatic heterocycles. The molecule has 3 aromatic rings. The van der Waals surface area contributed by atoms with Crippen LogP contribution in [0.2, 0.25) is 0 Å². The molecule has 3 heterocycles. The first kappa shape index (κ1) is 31.8. The molecule has 2 aromatic carbocycles. The Balaban J connectivity index is 0.00000405. The monoisotopic (exact) mass is 594 g/mol. The number of hydrogen-bond donors (Lipinski definition) is 8. The third-order valence-electron chi connectivity index (χ3n) is 7.75. The summed E-state index contributed by atoms with van der Waals surface area (Å²) >= 11 is 0. The number of aromatic hydroxyl groups is 1. The fourth-order valence-electron chi connectivity index (χ4n) is 5.37. The lowest BCUT2D eigenvalue weighted by Gasteiger charge is -2.47. The van der Waals surface area contributed by atoms with Gasteiger partial charge in [0.2, 0.25) is 0 Å². The number of ether oxygens (including phenoxy) is 3. The Bertz CT molecular complexity index is 1440. The molecule has 0 saturated carbocycles. The van der Waals surface area contributed by atoms with Crippen molar-refractivity contribution in [1.29, 1.82) is 0 Å². The van der Waals surface area contributed by atoms with Gasteiger partial charge in [-0.2, -0.15) is 0 Å². The van der Waals surface area contributed by atoms with Crippen molar-refractivity contribution in [2.45, 2.75) is 74.1 Å². The zero-order chi connectivity index (χ0) is 29.7. The highest BCUT2D eigenvalue weighted by Gasteiger charge is 2.53. The van der Waals surface area contributed by atoms with Crippen LogP contribution >= 0.6 is 0 Å². The van der Waals surface area contributed by atoms with E-state index in [1.807, 2.05) is 0 Å². The van der Waals surface area contributed by atoms with Gasteiger partial charge < -0.3 is 65.0 Å². The largest absolute Gasteiger partial charge is 0.507 e. The van der Waals surface area contributed by atoms with Crippen molar-refractivity contribution < 1.29 is 65.0 Å². The minimum absolute atomic E-state index is 0. The molecule has 2 aliphatic rings. The standard InChI is InChI=1S/C28H32O13.H2O/c1-10-19(31)20(32)23(35)27(39-10)25(37)28-24(36)21(33)22(34)26(41-28)12-7-14(29)18-15(30)9-16(40-17(18)8-12)11-3-5-13(38-2)6-4-11;/h3-10,19-29,31-37H,1-2H3;1H2/t10-,19-,20+,21-,22-,23+,24+,25?,26+,27-,28+;/m1./s1. The summed E-state index contributed by atoms with van der Waals surface area (Å²) in [5, 5.41) is 84.2. The van der Waals surface area contributed by atoms with E-state index in [1.54, 1.807) is 24.3 Å². The molecular formula is C28H34O14. The molecule has 0 bridgehead atoms. The van der Waals surface area contributed by atoms with Crippen LogP contribution in [0.4, 0.5) is 0 Å². The van der Waals surface area contributed by atoms with Crippen molar-refractivity contribution in [3.05, 3.63) is 58.3 Å². The first-order valence-corrected chi connectivity index (χ1v) is 13.0. The van der Waals surface area contributed by atoms with Gasteiger partial charge in [-0.15, -0.1) is 0 Å². The summed E-state index contributed by atoms with van der Waals surface area (Å²) in [5.41, 5.74) is -0.0374. The number of phenols is 1. The third kappa shape index (κ3) is 5.49. The second-order valence-electron chi connectivity index (χ2n) is 10.4. The van der Waals surface area contributed by atoms with Crippen LogP contribution in [0.1, 0.15) is 18.6 Å². The van der Waals surface area contributed by atoms with E-state index >= 15 is 0 Å². The van der Waals surface area contributed by atoms with Crippen LogP contribution in [0, 0.1) is 0 Å². The Kier molecular flexibility index (Phi) is 9.25. The highest BCUT2D eigenvalue weighted by molar-refractivity contribution is 5.85. The molecule has 1 unspecified atom stereocenters. The highest BCUT2D eigenvalue weighted by Crippen LogP contribution is 2.39. The molecule has 14 nitrogen and oxygen atoms in total. The lowest BCUT2D eigenvalue weighted by Crippen LogP contribution is -2.66. The molecule has 0 amide bonds. The fraction of sp³-hybridized carbons (Fsp3) is 0.464. The molecule has 2 fully saturated rings. The van der Waals surface area contributed by atoms with E-state index in [0.717, 1.165) is 6.07 Å². The number of benzene rings is 2. The fourth-order valence-corrected chi connectivity index (χ4v) is 5.37. The average molecular weight is 595 g/mol. The number of aliphatic hydroxyl groups excluding tert-OH is 7. The Morgan fingerprint density at radius 2 is 1.40 bits per heavy atom. The van der Waals surface area contributed by atoms with Crippen molar-refractivity contribution in [2.24, 2.45) is 0 Å². The van der Waals surface area contributed by atoms with Crippen LogP contribution in [0.5, 0.6) is 11.5 Å². The topological polar surface area (TPSA) is 251 Å². The molecule has 0 spiro atoms. The van der Waals surface area contributed by atoms with Gasteiger partial charge in [0.1, 0.15) is 89.3 Å². The molecule has 5 rings (SSSR count). The SMILES string of the molecule is COc1ccc(-c2cc(=O)c3c(O)cc([C@@H]4O[C@H](C(O)[C@@H]5O[C@H](C)[C@@H](O)[C@H](O)[C@@H]5O)[C@@H](O)[C@H](O)[C@H]4O)cc3o2)cc1.O. The van der Waals surface area contributed by atoms with Crippen LogP contribution in [0.3, 0.4) is 0 Å². The van der Waals surface area contributed by atoms with Crippen molar-refractivity contribution >= 4 is 11.0 Å². The van der Waals surface area contributed by atoms with Crippen molar-refractivity contribution in [3.8, 4) is 22.8 Å². The van der Waals surface area contributed by atoms with E-state index in [1.165, 1.54) is 26.2 Å². The van der Waals surface area contributed by atoms with Crippen LogP contribution in [-0.2, 0) is 9.47 Å². The number of fused-ring (bicyclic) bond motifs is 1. The minimum Gasteiger partial charge on any atom is -0.507 e. The van der Waals surface area contributed by atoms with Crippen LogP contribution in [0.25, 0.3) is 22.3 Å². The normalized spacial score (nSPS) is 34.0. The smallest absolute Gasteiger partial charge is 0.197 e. The maximum absolute atomic E-state index is 12.9. The third-order valence-corrected chi connectivity index (χ3v) is 7.75. The first-order valence-electron chi connectivity index (χ1n) is 13.0. The van der Waals surface area contributed by atoms with Crippen LogP contribution in [-0.4, -0.2) is 114 Å². The van der Waals surface area contributed by atoms with Gasteiger partial charge in [0.05, 0.1) is 13.2 Å². The summed E-state index contributed by atoms with van der Waals surface area (Å²) < 4.78 is 22.3. The van der Waals surface area contributed by atoms with Crippen molar-refractivity contribution in [3.63, 3.8) is 0 Å². The number of methoxy groups -OCH3 is 1. The predicted octanol–water partition coefficient (Wildman–Crippen LogP) is -1.90. The average Bonchev–Trinajstić information content (AvgIpc) is 2.96. The van der Waals surface area contributed by atoms with Crippen LogP contribution in [0.15, 0.2) is 51.7 Å². The number of aliphatic hydroxyl groups is 7. The van der Waals surface area contributed by atoms with Gasteiger partial charge in [0.15, 0.2) is 5.43 Å². The quantitative estimate of drug-likeness (QED) is 0.161. The summed E-state index contributed by atoms with van der Waals surface area (Å²) in [5.74, 6) is 0.260. The summed E-state index contributed by atoms with van der Waals surface area (Å²) in [6, 6.07) is 10.3. The molecule has 2 aliphatic heterocycles. The molecule has 10 N–H and O–H groups in total. The lowest BCUT2D eigenvalue weighted by atomic mass is 9.84. The number of rotatable bonds is 5. The van der Waals surface area contributed by atoms with Gasteiger partial charge in [-0.05, 0) is 48.9 Å². The maximum Gasteiger partial charge on any atom is 0.197 e. The highest BCUT2D eigenvalue weighted by atomic mass is 16.6. The maximum atomic E-state index is 12.9. The van der Waals surface area contributed by atoms with E-state index in [2.05, 4.69) is 0 Å². The zero-order valence-corrected chi connectivity index (χ0v) is 22.5. The van der Waals surface area contributed by atoms with Gasteiger partial charge in [-0.1, -0.05) is 0 Å². The van der Waals surface area contributed by atoms with Gasteiger partial charge in [-0.3, -0.25) is 4.79 Å². The molecule has 0 aliphatic carbocycles. The van der Waals surface area contributed by atoms with E-state index < -0.39 is 78.3 Å².